The molecule has 0 amide bonds. The summed E-state index contributed by atoms with van der Waals surface area (Å²) in [6, 6.07) is 20.4. The maximum absolute atomic E-state index is 5.52. The van der Waals surface area contributed by atoms with E-state index in [0.717, 1.165) is 50.8 Å². The third-order valence-electron chi connectivity index (χ3n) is 15.7. The first-order chi connectivity index (χ1) is 31.0. The SMILES string of the molecule is CC1(C)C2=CC(C3CC(C4N=C(C5C=CC=CC5)NC(c5ccccc5)N4)=CC=C3C3=CC(C4=CC(C5CCCCC5)NC(C5=CC=CCC5)=C4)=CCC3)CC=C2c2ccccc21. The van der Waals surface area contributed by atoms with Crippen molar-refractivity contribution in [2.75, 3.05) is 0 Å². The minimum atomic E-state index is -0.111. The molecule has 0 aromatic heterocycles. The van der Waals surface area contributed by atoms with Gasteiger partial charge in [-0.3, -0.25) is 5.32 Å². The minimum absolute atomic E-state index is 0.0180. The summed E-state index contributed by atoms with van der Waals surface area (Å²) >= 11 is 0. The Morgan fingerprint density at radius 2 is 1.59 bits per heavy atom. The molecular weight excluding hydrogens is 765 g/mol. The zero-order valence-corrected chi connectivity index (χ0v) is 37.3. The summed E-state index contributed by atoms with van der Waals surface area (Å²) in [7, 11) is 0. The number of hydrogen-bond acceptors (Lipinski definition) is 4. The van der Waals surface area contributed by atoms with Crippen molar-refractivity contribution in [3.05, 3.63) is 207 Å². The maximum atomic E-state index is 5.52. The van der Waals surface area contributed by atoms with Crippen LogP contribution in [0.3, 0.4) is 0 Å². The lowest BCUT2D eigenvalue weighted by Gasteiger charge is -2.39. The van der Waals surface area contributed by atoms with Crippen molar-refractivity contribution in [1.82, 2.24) is 16.0 Å². The summed E-state index contributed by atoms with van der Waals surface area (Å²) in [5, 5.41) is 11.9. The van der Waals surface area contributed by atoms with Gasteiger partial charge in [0.1, 0.15) is 18.2 Å². The summed E-state index contributed by atoms with van der Waals surface area (Å²) in [4.78, 5) is 5.52. The van der Waals surface area contributed by atoms with E-state index in [0.29, 0.717) is 23.8 Å². The van der Waals surface area contributed by atoms with Crippen molar-refractivity contribution in [2.24, 2.45) is 28.7 Å². The van der Waals surface area contributed by atoms with Crippen LogP contribution in [0.5, 0.6) is 0 Å². The van der Waals surface area contributed by atoms with Crippen molar-refractivity contribution in [3.63, 3.8) is 0 Å². The smallest absolute Gasteiger partial charge is 0.125 e. The molecule has 320 valence electrons. The number of benzene rings is 2. The fraction of sp³-hybridized carbons (Fsp3) is 0.373. The number of rotatable bonds is 8. The van der Waals surface area contributed by atoms with E-state index in [1.54, 1.807) is 0 Å². The first kappa shape index (κ1) is 40.3. The van der Waals surface area contributed by atoms with E-state index >= 15 is 0 Å². The van der Waals surface area contributed by atoms with Crippen molar-refractivity contribution in [3.8, 4) is 0 Å². The van der Waals surface area contributed by atoms with Crippen LogP contribution >= 0.6 is 0 Å². The van der Waals surface area contributed by atoms with E-state index in [4.69, 9.17) is 4.99 Å². The highest BCUT2D eigenvalue weighted by Crippen LogP contribution is 2.54. The zero-order chi connectivity index (χ0) is 42.3. The highest BCUT2D eigenvalue weighted by molar-refractivity contribution is 5.90. The van der Waals surface area contributed by atoms with Gasteiger partial charge in [0.15, 0.2) is 0 Å². The predicted octanol–water partition coefficient (Wildman–Crippen LogP) is 13.2. The van der Waals surface area contributed by atoms with Crippen LogP contribution in [0.2, 0.25) is 0 Å². The molecule has 4 heteroatoms. The topological polar surface area (TPSA) is 48.5 Å². The van der Waals surface area contributed by atoms with Crippen LogP contribution in [-0.2, 0) is 5.41 Å². The van der Waals surface area contributed by atoms with Gasteiger partial charge in [-0.1, -0.05) is 173 Å². The molecule has 6 unspecified atom stereocenters. The molecule has 2 heterocycles. The number of nitrogens with zero attached hydrogens (tertiary/aromatic N) is 1. The fourth-order valence-electron chi connectivity index (χ4n) is 12.2. The Morgan fingerprint density at radius 3 is 2.43 bits per heavy atom. The highest BCUT2D eigenvalue weighted by atomic mass is 15.3. The van der Waals surface area contributed by atoms with E-state index in [1.807, 2.05) is 0 Å². The lowest BCUT2D eigenvalue weighted by molar-refractivity contribution is 0.309. The molecule has 0 bridgehead atoms. The number of aliphatic imine (C=N–C) groups is 1. The van der Waals surface area contributed by atoms with E-state index in [9.17, 15) is 0 Å². The van der Waals surface area contributed by atoms with Gasteiger partial charge in [-0.05, 0) is 143 Å². The second kappa shape index (κ2) is 17.3. The Bertz CT molecular complexity index is 2550. The van der Waals surface area contributed by atoms with E-state index in [-0.39, 0.29) is 23.7 Å². The largest absolute Gasteiger partial charge is 0.378 e. The van der Waals surface area contributed by atoms with Crippen molar-refractivity contribution < 1.29 is 0 Å². The van der Waals surface area contributed by atoms with Crippen molar-refractivity contribution in [2.45, 2.75) is 115 Å². The van der Waals surface area contributed by atoms with Crippen LogP contribution in [0.4, 0.5) is 0 Å². The molecule has 6 atom stereocenters. The Labute approximate surface area is 376 Å². The van der Waals surface area contributed by atoms with Gasteiger partial charge < -0.3 is 10.6 Å². The van der Waals surface area contributed by atoms with Crippen LogP contribution in [-0.4, -0.2) is 18.0 Å². The summed E-state index contributed by atoms with van der Waals surface area (Å²) in [6.07, 6.45) is 50.3. The number of dihydropyridines is 1. The van der Waals surface area contributed by atoms with Crippen LogP contribution in [0.15, 0.2) is 195 Å². The lowest BCUT2D eigenvalue weighted by Crippen LogP contribution is -2.51. The molecule has 9 aliphatic rings. The molecule has 3 N–H and O–H groups in total. The Hall–Kier alpha value is -5.45. The van der Waals surface area contributed by atoms with Crippen molar-refractivity contribution >= 4 is 11.4 Å². The molecule has 0 radical (unpaired) electrons. The quantitative estimate of drug-likeness (QED) is 0.248. The van der Waals surface area contributed by atoms with E-state index < -0.39 is 0 Å². The summed E-state index contributed by atoms with van der Waals surface area (Å²) in [6.45, 7) is 4.88. The summed E-state index contributed by atoms with van der Waals surface area (Å²) < 4.78 is 0. The average molecular weight is 829 g/mol. The highest BCUT2D eigenvalue weighted by Gasteiger charge is 2.42. The van der Waals surface area contributed by atoms with Crippen LogP contribution in [0.1, 0.15) is 114 Å². The molecule has 0 saturated heterocycles. The Kier molecular flexibility index (Phi) is 11.0. The molecule has 2 aromatic carbocycles. The molecule has 2 aliphatic heterocycles. The first-order valence-corrected chi connectivity index (χ1v) is 24.4. The first-order valence-electron chi connectivity index (χ1n) is 24.4. The number of nitrogens with one attached hydrogen (secondary N) is 3. The normalized spacial score (nSPS) is 30.0. The zero-order valence-electron chi connectivity index (χ0n) is 37.3. The minimum Gasteiger partial charge on any atom is -0.378 e. The van der Waals surface area contributed by atoms with Gasteiger partial charge in [0.05, 0.1) is 0 Å². The third kappa shape index (κ3) is 7.94. The number of allylic oxidation sites excluding steroid dienone is 20. The molecular formula is C59H64N4. The monoisotopic (exact) mass is 829 g/mol. The molecule has 63 heavy (non-hydrogen) atoms. The number of fused-ring (bicyclic) bond motifs is 3. The molecule has 1 saturated carbocycles. The molecule has 2 aromatic rings. The number of amidine groups is 1. The summed E-state index contributed by atoms with van der Waals surface area (Å²) in [5.74, 6) is 2.74. The van der Waals surface area contributed by atoms with E-state index in [1.165, 1.54) is 99.1 Å². The standard InChI is InChI=1S/C59H64N4/c1-59(2)52-29-16-15-28-49(52)50-33-30-45(36-53(50)59)51-35-46(58-62-56(41-22-11-5-12-23-41)61-57(63-58)42-24-13-6-14-25-42)31-32-48(51)44-27-17-26-43(34-44)47-37-54(39-18-7-3-8-19-39)60-55(38-47)40-20-9-4-10-21-40/h3,5-7,11-16,18,22-24,26,28-29,31-34,36-38,40,42,45,51,55-56,58,60,62H,4,8-10,17,19-21,25,27,30,35H2,1-2H3,(H,61,63). The second-order valence-electron chi connectivity index (χ2n) is 19.9. The summed E-state index contributed by atoms with van der Waals surface area (Å²) in [5.41, 5.74) is 17.1. The van der Waals surface area contributed by atoms with E-state index in [2.05, 4.69) is 176 Å². The van der Waals surface area contributed by atoms with Gasteiger partial charge >= 0.3 is 0 Å². The van der Waals surface area contributed by atoms with Gasteiger partial charge in [0.2, 0.25) is 0 Å². The molecule has 0 spiro atoms. The fourth-order valence-corrected chi connectivity index (χ4v) is 12.2. The number of hydrogen-bond donors (Lipinski definition) is 3. The molecule has 11 rings (SSSR count). The maximum Gasteiger partial charge on any atom is 0.125 e. The van der Waals surface area contributed by atoms with Gasteiger partial charge in [-0.25, -0.2) is 4.99 Å². The molecule has 7 aliphatic carbocycles. The molecule has 1 fully saturated rings. The van der Waals surface area contributed by atoms with Gasteiger partial charge in [0.25, 0.3) is 0 Å². The Balaban J connectivity index is 0.974. The van der Waals surface area contributed by atoms with Crippen molar-refractivity contribution in [1.29, 1.82) is 0 Å². The lowest BCUT2D eigenvalue weighted by atomic mass is 9.68. The molecule has 4 nitrogen and oxygen atoms in total. The third-order valence-corrected chi connectivity index (χ3v) is 15.7. The van der Waals surface area contributed by atoms with Crippen LogP contribution < -0.4 is 16.0 Å². The van der Waals surface area contributed by atoms with Crippen LogP contribution in [0, 0.1) is 23.7 Å². The second-order valence-corrected chi connectivity index (χ2v) is 19.9. The van der Waals surface area contributed by atoms with Gasteiger partial charge in [0, 0.05) is 23.1 Å². The predicted molar refractivity (Wildman–Crippen MR) is 262 cm³/mol. The van der Waals surface area contributed by atoms with Gasteiger partial charge in [-0.15, -0.1) is 0 Å². The Morgan fingerprint density at radius 1 is 0.730 bits per heavy atom. The van der Waals surface area contributed by atoms with Crippen LogP contribution in [0.25, 0.3) is 5.57 Å². The average Bonchev–Trinajstić information content (AvgIpc) is 3.59. The van der Waals surface area contributed by atoms with Gasteiger partial charge in [-0.2, -0.15) is 0 Å².